The second-order valence-electron chi connectivity index (χ2n) is 9.30. The molecule has 33 heavy (non-hydrogen) atoms. The van der Waals surface area contributed by atoms with E-state index >= 15 is 0 Å². The van der Waals surface area contributed by atoms with Gasteiger partial charge in [-0.15, -0.1) is 11.8 Å². The van der Waals surface area contributed by atoms with Crippen LogP contribution in [0.3, 0.4) is 0 Å². The first-order valence-electron chi connectivity index (χ1n) is 11.6. The monoisotopic (exact) mass is 479 g/mol. The van der Waals surface area contributed by atoms with Crippen molar-refractivity contribution < 1.29 is 9.28 Å². The highest BCUT2D eigenvalue weighted by molar-refractivity contribution is 7.99. The summed E-state index contributed by atoms with van der Waals surface area (Å²) in [5.74, 6) is 0.956. The van der Waals surface area contributed by atoms with Crippen LogP contribution in [-0.2, 0) is 10.2 Å². The van der Waals surface area contributed by atoms with Crippen molar-refractivity contribution in [2.45, 2.75) is 23.2 Å². The lowest BCUT2D eigenvalue weighted by atomic mass is 9.64. The van der Waals surface area contributed by atoms with Gasteiger partial charge in [-0.05, 0) is 29.3 Å². The number of rotatable bonds is 9. The quantitative estimate of drug-likeness (QED) is 0.241. The number of primary amides is 1. The van der Waals surface area contributed by atoms with Gasteiger partial charge in [0.15, 0.2) is 0 Å². The molecule has 0 radical (unpaired) electrons. The lowest BCUT2D eigenvalue weighted by Gasteiger charge is -2.38. The fraction of sp³-hybridized carbons (Fsp3) is 0.321. The number of nitrogens with two attached hydrogens (primary N) is 1. The van der Waals surface area contributed by atoms with Gasteiger partial charge in [-0.1, -0.05) is 78.3 Å². The van der Waals surface area contributed by atoms with Crippen molar-refractivity contribution in [3.8, 4) is 0 Å². The maximum atomic E-state index is 13.3. The molecule has 172 valence electrons. The van der Waals surface area contributed by atoms with Crippen molar-refractivity contribution in [3.63, 3.8) is 0 Å². The van der Waals surface area contributed by atoms with Crippen LogP contribution in [0.4, 0.5) is 0 Å². The number of halogens is 1. The summed E-state index contributed by atoms with van der Waals surface area (Å²) in [6, 6.07) is 28.3. The van der Waals surface area contributed by atoms with Crippen LogP contribution in [-0.4, -0.2) is 42.8 Å². The number of hydrogen-bond donors (Lipinski definition) is 1. The average molecular weight is 480 g/mol. The summed E-state index contributed by atoms with van der Waals surface area (Å²) in [6.07, 6.45) is 2.09. The van der Waals surface area contributed by atoms with Gasteiger partial charge >= 0.3 is 0 Å². The Balaban J connectivity index is 1.52. The van der Waals surface area contributed by atoms with Crippen LogP contribution >= 0.6 is 23.4 Å². The molecule has 1 amide bonds. The first kappa shape index (κ1) is 23.9. The number of thioether (sulfide) groups is 1. The molecule has 1 aliphatic rings. The molecule has 1 fully saturated rings. The Morgan fingerprint density at radius 2 is 1.67 bits per heavy atom. The molecule has 5 heteroatoms. The van der Waals surface area contributed by atoms with E-state index < -0.39 is 5.41 Å². The van der Waals surface area contributed by atoms with Gasteiger partial charge in [-0.3, -0.25) is 4.79 Å². The molecular formula is C28H32ClN2OS+. The zero-order chi connectivity index (χ0) is 23.3. The molecule has 0 spiro atoms. The van der Waals surface area contributed by atoms with Crippen molar-refractivity contribution >= 4 is 29.3 Å². The Morgan fingerprint density at radius 1 is 1.03 bits per heavy atom. The summed E-state index contributed by atoms with van der Waals surface area (Å²) in [4.78, 5) is 14.5. The Morgan fingerprint density at radius 3 is 2.24 bits per heavy atom. The average Bonchev–Trinajstić information content (AvgIpc) is 3.21. The third kappa shape index (κ3) is 5.13. The van der Waals surface area contributed by atoms with E-state index in [1.807, 2.05) is 66.4 Å². The molecule has 0 aliphatic carbocycles. The molecule has 3 aromatic rings. The number of hydrogen-bond acceptors (Lipinski definition) is 2. The van der Waals surface area contributed by atoms with E-state index in [1.54, 1.807) is 0 Å². The van der Waals surface area contributed by atoms with E-state index in [2.05, 4.69) is 37.4 Å². The molecule has 2 atom stereocenters. The van der Waals surface area contributed by atoms with E-state index in [-0.39, 0.29) is 11.8 Å². The van der Waals surface area contributed by atoms with Crippen LogP contribution in [0.1, 0.15) is 24.0 Å². The molecule has 0 aromatic heterocycles. The topological polar surface area (TPSA) is 43.1 Å². The fourth-order valence-corrected chi connectivity index (χ4v) is 6.61. The van der Waals surface area contributed by atoms with Crippen LogP contribution < -0.4 is 5.73 Å². The molecule has 1 heterocycles. The molecule has 0 bridgehead atoms. The third-order valence-electron chi connectivity index (χ3n) is 7.04. The van der Waals surface area contributed by atoms with Crippen molar-refractivity contribution in [3.05, 3.63) is 101 Å². The normalized spacial score (nSPS) is 20.6. The minimum Gasteiger partial charge on any atom is -0.369 e. The Hall–Kier alpha value is -2.27. The summed E-state index contributed by atoms with van der Waals surface area (Å²) in [7, 11) is 2.33. The lowest BCUT2D eigenvalue weighted by Crippen LogP contribution is -2.51. The first-order valence-corrected chi connectivity index (χ1v) is 12.9. The smallest absolute Gasteiger partial charge is 0.233 e. The Kier molecular flexibility index (Phi) is 7.48. The maximum Gasteiger partial charge on any atom is 0.233 e. The van der Waals surface area contributed by atoms with E-state index in [0.717, 1.165) is 58.9 Å². The molecule has 1 unspecified atom stereocenters. The van der Waals surface area contributed by atoms with Crippen LogP contribution in [0, 0.1) is 5.92 Å². The number of likely N-dealkylation sites (tertiary alicyclic amines) is 1. The van der Waals surface area contributed by atoms with Gasteiger partial charge in [0.05, 0.1) is 26.7 Å². The first-order chi connectivity index (χ1) is 15.9. The van der Waals surface area contributed by atoms with E-state index in [0.29, 0.717) is 0 Å². The highest BCUT2D eigenvalue weighted by atomic mass is 35.5. The summed E-state index contributed by atoms with van der Waals surface area (Å²) in [5, 5.41) is 0.783. The number of carbonyl (C=O) groups excluding carboxylic acids is 1. The van der Waals surface area contributed by atoms with Gasteiger partial charge in [0.2, 0.25) is 5.91 Å². The van der Waals surface area contributed by atoms with Crippen molar-refractivity contribution in [2.24, 2.45) is 11.7 Å². The Labute approximate surface area is 206 Å². The van der Waals surface area contributed by atoms with Crippen LogP contribution in [0.25, 0.3) is 0 Å². The molecule has 1 saturated heterocycles. The van der Waals surface area contributed by atoms with Gasteiger partial charge in [0, 0.05) is 34.4 Å². The van der Waals surface area contributed by atoms with Gasteiger partial charge < -0.3 is 10.2 Å². The van der Waals surface area contributed by atoms with Crippen molar-refractivity contribution in [1.29, 1.82) is 0 Å². The van der Waals surface area contributed by atoms with E-state index in [1.165, 1.54) is 4.90 Å². The summed E-state index contributed by atoms with van der Waals surface area (Å²) in [6.45, 7) is 3.08. The molecule has 2 N–H and O–H groups in total. The minimum absolute atomic E-state index is 0.158. The van der Waals surface area contributed by atoms with E-state index in [4.69, 9.17) is 17.3 Å². The summed E-state index contributed by atoms with van der Waals surface area (Å²) >= 11 is 7.97. The number of quaternary nitrogens is 1. The predicted octanol–water partition coefficient (Wildman–Crippen LogP) is 5.76. The van der Waals surface area contributed by atoms with Gasteiger partial charge in [0.25, 0.3) is 0 Å². The SMILES string of the molecule is C[N+]1(CCCSc2cccc(Cl)c2)CC[C@@H](C(C(N)=O)(c2ccccc2)c2ccccc2)C1. The lowest BCUT2D eigenvalue weighted by molar-refractivity contribution is -0.899. The highest BCUT2D eigenvalue weighted by Gasteiger charge is 2.53. The summed E-state index contributed by atoms with van der Waals surface area (Å²) in [5.41, 5.74) is 7.43. The fourth-order valence-electron chi connectivity index (χ4n) is 5.46. The van der Waals surface area contributed by atoms with Crippen LogP contribution in [0.5, 0.6) is 0 Å². The standard InChI is InChI=1S/C28H31ClN2OS/c1-31(17-9-19-33-26-15-8-14-25(29)20-26)18-16-24(21-31)28(27(30)32,22-10-4-2-5-11-22)23-12-6-3-7-13-23/h2-8,10-15,20,24H,9,16-19,21H2,1H3,(H-,30,32)/p+1/t24-,31?/m1/s1. The van der Waals surface area contributed by atoms with Crippen molar-refractivity contribution in [2.75, 3.05) is 32.4 Å². The molecular weight excluding hydrogens is 448 g/mol. The largest absolute Gasteiger partial charge is 0.369 e. The number of nitrogens with zero attached hydrogens (tertiary/aromatic N) is 1. The van der Waals surface area contributed by atoms with E-state index in [9.17, 15) is 4.79 Å². The zero-order valence-corrected chi connectivity index (χ0v) is 20.7. The number of benzene rings is 3. The summed E-state index contributed by atoms with van der Waals surface area (Å²) < 4.78 is 0.968. The molecule has 3 aromatic carbocycles. The van der Waals surface area contributed by atoms with Crippen LogP contribution in [0.15, 0.2) is 89.8 Å². The van der Waals surface area contributed by atoms with Gasteiger partial charge in [0.1, 0.15) is 5.41 Å². The van der Waals surface area contributed by atoms with Crippen LogP contribution in [0.2, 0.25) is 5.02 Å². The second kappa shape index (κ2) is 10.3. The number of carbonyl (C=O) groups is 1. The van der Waals surface area contributed by atoms with Crippen molar-refractivity contribution in [1.82, 2.24) is 0 Å². The Bertz CT molecular complexity index is 1040. The zero-order valence-electron chi connectivity index (χ0n) is 19.1. The third-order valence-corrected chi connectivity index (χ3v) is 8.36. The predicted molar refractivity (Wildman–Crippen MR) is 139 cm³/mol. The molecule has 4 rings (SSSR count). The molecule has 0 saturated carbocycles. The highest BCUT2D eigenvalue weighted by Crippen LogP contribution is 2.45. The maximum absolute atomic E-state index is 13.3. The molecule has 1 aliphatic heterocycles. The van der Waals surface area contributed by atoms with Gasteiger partial charge in [-0.2, -0.15) is 0 Å². The minimum atomic E-state index is -0.811. The van der Waals surface area contributed by atoms with Gasteiger partial charge in [-0.25, -0.2) is 0 Å². The molecule has 3 nitrogen and oxygen atoms in total. The second-order valence-corrected chi connectivity index (χ2v) is 10.9. The number of amides is 1.